The second-order valence-electron chi connectivity index (χ2n) is 4.26. The van der Waals surface area contributed by atoms with Crippen LogP contribution < -0.4 is 15.2 Å². The number of ketones is 1. The van der Waals surface area contributed by atoms with Crippen molar-refractivity contribution in [1.82, 2.24) is 0 Å². The monoisotopic (exact) mass is 369 g/mol. The molecule has 110 valence electrons. The highest BCUT2D eigenvalue weighted by molar-refractivity contribution is 9.10. The zero-order valence-electron chi connectivity index (χ0n) is 11.4. The standard InChI is InChI=1S/C15H13BrClNO3/c1-20-13-6-10(12(17)7-14(13)21-2)15(19)9-5-8(18)3-4-11(9)16/h3-7H,18H2,1-2H3. The van der Waals surface area contributed by atoms with Crippen molar-refractivity contribution in [3.63, 3.8) is 0 Å². The maximum Gasteiger partial charge on any atom is 0.195 e. The Hall–Kier alpha value is -1.72. The van der Waals surface area contributed by atoms with Crippen molar-refractivity contribution in [2.24, 2.45) is 0 Å². The lowest BCUT2D eigenvalue weighted by atomic mass is 10.0. The van der Waals surface area contributed by atoms with Gasteiger partial charge in [-0.25, -0.2) is 0 Å². The first kappa shape index (κ1) is 15.7. The highest BCUT2D eigenvalue weighted by Crippen LogP contribution is 2.35. The van der Waals surface area contributed by atoms with Crippen LogP contribution in [-0.4, -0.2) is 20.0 Å². The van der Waals surface area contributed by atoms with E-state index in [4.69, 9.17) is 26.8 Å². The quantitative estimate of drug-likeness (QED) is 0.654. The molecular weight excluding hydrogens is 358 g/mol. The molecule has 0 saturated heterocycles. The molecule has 0 bridgehead atoms. The molecule has 0 atom stereocenters. The number of carbonyl (C=O) groups excluding carboxylic acids is 1. The van der Waals surface area contributed by atoms with Crippen molar-refractivity contribution in [3.8, 4) is 11.5 Å². The van der Waals surface area contributed by atoms with Crippen LogP contribution in [-0.2, 0) is 0 Å². The second kappa shape index (κ2) is 6.37. The molecule has 0 aromatic heterocycles. The van der Waals surface area contributed by atoms with Gasteiger partial charge in [-0.2, -0.15) is 0 Å². The number of hydrogen-bond donors (Lipinski definition) is 1. The van der Waals surface area contributed by atoms with E-state index in [1.165, 1.54) is 14.2 Å². The molecule has 0 spiro atoms. The molecule has 0 heterocycles. The van der Waals surface area contributed by atoms with Crippen molar-refractivity contribution in [1.29, 1.82) is 0 Å². The van der Waals surface area contributed by atoms with Gasteiger partial charge in [-0.1, -0.05) is 27.5 Å². The Balaban J connectivity index is 2.55. The fourth-order valence-electron chi connectivity index (χ4n) is 1.89. The Morgan fingerprint density at radius 1 is 1.10 bits per heavy atom. The number of ether oxygens (including phenoxy) is 2. The Morgan fingerprint density at radius 2 is 1.71 bits per heavy atom. The van der Waals surface area contributed by atoms with Crippen LogP contribution in [0.4, 0.5) is 5.69 Å². The summed E-state index contributed by atoms with van der Waals surface area (Å²) in [5, 5.41) is 0.284. The smallest absolute Gasteiger partial charge is 0.195 e. The zero-order valence-corrected chi connectivity index (χ0v) is 13.8. The highest BCUT2D eigenvalue weighted by atomic mass is 79.9. The first-order valence-electron chi connectivity index (χ1n) is 5.99. The molecule has 2 aromatic carbocycles. The van der Waals surface area contributed by atoms with E-state index >= 15 is 0 Å². The van der Waals surface area contributed by atoms with Gasteiger partial charge in [0.1, 0.15) is 0 Å². The van der Waals surface area contributed by atoms with Gasteiger partial charge < -0.3 is 15.2 Å². The summed E-state index contributed by atoms with van der Waals surface area (Å²) in [4.78, 5) is 12.6. The van der Waals surface area contributed by atoms with Crippen molar-refractivity contribution >= 4 is 39.0 Å². The van der Waals surface area contributed by atoms with Gasteiger partial charge >= 0.3 is 0 Å². The molecule has 4 nitrogen and oxygen atoms in total. The van der Waals surface area contributed by atoms with Gasteiger partial charge in [-0.15, -0.1) is 0 Å². The number of nitrogens with two attached hydrogens (primary N) is 1. The minimum Gasteiger partial charge on any atom is -0.493 e. The summed E-state index contributed by atoms with van der Waals surface area (Å²) in [7, 11) is 3.00. The van der Waals surface area contributed by atoms with Gasteiger partial charge in [0.25, 0.3) is 0 Å². The number of hydrogen-bond acceptors (Lipinski definition) is 4. The average molecular weight is 371 g/mol. The van der Waals surface area contributed by atoms with Crippen LogP contribution >= 0.6 is 27.5 Å². The summed E-state index contributed by atoms with van der Waals surface area (Å²) in [6, 6.07) is 8.13. The van der Waals surface area contributed by atoms with E-state index in [2.05, 4.69) is 15.9 Å². The van der Waals surface area contributed by atoms with E-state index in [0.29, 0.717) is 32.8 Å². The van der Waals surface area contributed by atoms with Crippen LogP contribution in [0, 0.1) is 0 Å². The van der Waals surface area contributed by atoms with Gasteiger partial charge in [0.05, 0.1) is 19.2 Å². The SMILES string of the molecule is COc1cc(Cl)c(C(=O)c2cc(N)ccc2Br)cc1OC. The van der Waals surface area contributed by atoms with Crippen LogP contribution in [0.5, 0.6) is 11.5 Å². The molecule has 0 aliphatic heterocycles. The molecule has 0 unspecified atom stereocenters. The molecule has 0 amide bonds. The van der Waals surface area contributed by atoms with Crippen LogP contribution in [0.1, 0.15) is 15.9 Å². The summed E-state index contributed by atoms with van der Waals surface area (Å²) in [5.74, 6) is 0.649. The molecule has 21 heavy (non-hydrogen) atoms. The third-order valence-corrected chi connectivity index (χ3v) is 3.96. The summed E-state index contributed by atoms with van der Waals surface area (Å²) in [6.45, 7) is 0. The van der Waals surface area contributed by atoms with E-state index in [9.17, 15) is 4.79 Å². The Kier molecular flexibility index (Phi) is 4.75. The number of benzene rings is 2. The highest BCUT2D eigenvalue weighted by Gasteiger charge is 2.19. The molecule has 0 radical (unpaired) electrons. The minimum absolute atomic E-state index is 0.250. The fraction of sp³-hybridized carbons (Fsp3) is 0.133. The molecule has 0 aliphatic carbocycles. The van der Waals surface area contributed by atoms with E-state index in [1.54, 1.807) is 30.3 Å². The lowest BCUT2D eigenvalue weighted by Gasteiger charge is -2.12. The molecular formula is C15H13BrClNO3. The van der Waals surface area contributed by atoms with Gasteiger partial charge in [0, 0.05) is 27.4 Å². The summed E-state index contributed by atoms with van der Waals surface area (Å²) in [5.41, 5.74) is 6.99. The predicted octanol–water partition coefficient (Wildman–Crippen LogP) is 3.93. The van der Waals surface area contributed by atoms with E-state index in [0.717, 1.165) is 0 Å². The normalized spacial score (nSPS) is 10.3. The molecule has 2 rings (SSSR count). The number of carbonyl (C=O) groups is 1. The summed E-state index contributed by atoms with van der Waals surface area (Å²) >= 11 is 9.51. The van der Waals surface area contributed by atoms with E-state index in [-0.39, 0.29) is 10.8 Å². The molecule has 2 aromatic rings. The number of rotatable bonds is 4. The van der Waals surface area contributed by atoms with Crippen molar-refractivity contribution in [2.45, 2.75) is 0 Å². The summed E-state index contributed by atoms with van der Waals surface area (Å²) < 4.78 is 11.0. The first-order chi connectivity index (χ1) is 9.97. The molecule has 2 N–H and O–H groups in total. The third-order valence-electron chi connectivity index (χ3n) is 2.95. The maximum atomic E-state index is 12.6. The van der Waals surface area contributed by atoms with Gasteiger partial charge in [0.15, 0.2) is 17.3 Å². The lowest BCUT2D eigenvalue weighted by Crippen LogP contribution is -2.05. The third kappa shape index (κ3) is 3.14. The van der Waals surface area contributed by atoms with E-state index in [1.807, 2.05) is 0 Å². The molecule has 0 fully saturated rings. The second-order valence-corrected chi connectivity index (χ2v) is 5.52. The van der Waals surface area contributed by atoms with Gasteiger partial charge in [0.2, 0.25) is 0 Å². The van der Waals surface area contributed by atoms with Crippen molar-refractivity contribution < 1.29 is 14.3 Å². The average Bonchev–Trinajstić information content (AvgIpc) is 2.48. The number of halogens is 2. The molecule has 0 saturated carbocycles. The Bertz CT molecular complexity index is 704. The maximum absolute atomic E-state index is 12.6. The van der Waals surface area contributed by atoms with Crippen molar-refractivity contribution in [3.05, 3.63) is 51.0 Å². The molecule has 0 aliphatic rings. The largest absolute Gasteiger partial charge is 0.493 e. The van der Waals surface area contributed by atoms with Crippen LogP contribution in [0.15, 0.2) is 34.8 Å². The van der Waals surface area contributed by atoms with Crippen molar-refractivity contribution in [2.75, 3.05) is 20.0 Å². The van der Waals surface area contributed by atoms with Gasteiger partial charge in [-0.3, -0.25) is 4.79 Å². The number of nitrogen functional groups attached to an aromatic ring is 1. The van der Waals surface area contributed by atoms with Crippen LogP contribution in [0.3, 0.4) is 0 Å². The number of anilines is 1. The fourth-order valence-corrected chi connectivity index (χ4v) is 2.56. The van der Waals surface area contributed by atoms with E-state index < -0.39 is 0 Å². The molecule has 6 heteroatoms. The first-order valence-corrected chi connectivity index (χ1v) is 7.16. The number of methoxy groups -OCH3 is 2. The van der Waals surface area contributed by atoms with Crippen LogP contribution in [0.2, 0.25) is 5.02 Å². The van der Waals surface area contributed by atoms with Gasteiger partial charge in [-0.05, 0) is 24.3 Å². The zero-order chi connectivity index (χ0) is 15.6. The Morgan fingerprint density at radius 3 is 2.33 bits per heavy atom. The Labute approximate surface area is 135 Å². The minimum atomic E-state index is -0.250. The summed E-state index contributed by atoms with van der Waals surface area (Å²) in [6.07, 6.45) is 0. The van der Waals surface area contributed by atoms with Crippen LogP contribution in [0.25, 0.3) is 0 Å². The lowest BCUT2D eigenvalue weighted by molar-refractivity contribution is 0.103. The topological polar surface area (TPSA) is 61.5 Å². The predicted molar refractivity (Wildman–Crippen MR) is 86.5 cm³/mol.